The van der Waals surface area contributed by atoms with E-state index in [0.717, 1.165) is 4.47 Å². The average molecular weight is 444 g/mol. The van der Waals surface area contributed by atoms with Gasteiger partial charge in [0.2, 0.25) is 0 Å². The topological polar surface area (TPSA) is 107 Å². The molecule has 1 amide bonds. The van der Waals surface area contributed by atoms with Gasteiger partial charge in [0.05, 0.1) is 15.6 Å². The second-order valence-corrected chi connectivity index (χ2v) is 6.39. The van der Waals surface area contributed by atoms with E-state index in [0.29, 0.717) is 17.1 Å². The number of para-hydroxylation sites is 1. The summed E-state index contributed by atoms with van der Waals surface area (Å²) in [5.74, 6) is 0.658. The number of carbonyl (C=O) groups excluding carboxylic acids is 1. The first-order chi connectivity index (χ1) is 13.5. The van der Waals surface area contributed by atoms with Gasteiger partial charge in [-0.2, -0.15) is 5.10 Å². The molecule has 1 N–H and O–H groups in total. The Balaban J connectivity index is 1.56. The van der Waals surface area contributed by atoms with Crippen molar-refractivity contribution in [2.75, 3.05) is 0 Å². The molecule has 1 aromatic heterocycles. The van der Waals surface area contributed by atoms with Crippen molar-refractivity contribution in [2.45, 2.75) is 6.61 Å². The minimum absolute atomic E-state index is 0.0593. The van der Waals surface area contributed by atoms with Crippen LogP contribution < -0.4 is 10.2 Å². The van der Waals surface area contributed by atoms with Crippen LogP contribution in [-0.2, 0) is 6.61 Å². The Labute approximate surface area is 168 Å². The molecular formula is C19H14BrN3O5. The average Bonchev–Trinajstić information content (AvgIpc) is 3.17. The lowest BCUT2D eigenvalue weighted by Crippen LogP contribution is -2.16. The number of hydrazone groups is 1. The fourth-order valence-electron chi connectivity index (χ4n) is 2.23. The minimum atomic E-state index is -0.547. The molecule has 0 saturated carbocycles. The zero-order valence-electron chi connectivity index (χ0n) is 14.4. The molecule has 3 rings (SSSR count). The fraction of sp³-hybridized carbons (Fsp3) is 0.0526. The maximum absolute atomic E-state index is 12.1. The van der Waals surface area contributed by atoms with Crippen molar-refractivity contribution in [1.82, 2.24) is 5.43 Å². The summed E-state index contributed by atoms with van der Waals surface area (Å²) >= 11 is 3.39. The molecule has 9 heteroatoms. The first-order valence-electron chi connectivity index (χ1n) is 8.07. The zero-order valence-corrected chi connectivity index (χ0v) is 16.0. The molecule has 0 aliphatic rings. The van der Waals surface area contributed by atoms with Gasteiger partial charge in [0.15, 0.2) is 5.76 Å². The second-order valence-electron chi connectivity index (χ2n) is 5.54. The maximum atomic E-state index is 12.1. The van der Waals surface area contributed by atoms with E-state index in [2.05, 4.69) is 26.5 Å². The number of halogens is 1. The number of nitrogens with one attached hydrogen (secondary N) is 1. The molecule has 3 aromatic rings. The highest BCUT2D eigenvalue weighted by molar-refractivity contribution is 9.10. The van der Waals surface area contributed by atoms with Crippen LogP contribution in [0.3, 0.4) is 0 Å². The first kappa shape index (κ1) is 19.3. The standard InChI is InChI=1S/C19H14BrN3O5/c20-16-6-1-2-7-17(16)27-12-15-8-9-18(28-15)19(24)22-21-11-13-4-3-5-14(10-13)23(25)26/h1-11H,12H2,(H,22,24)/b21-11-. The van der Waals surface area contributed by atoms with Crippen LogP contribution in [0, 0.1) is 10.1 Å². The number of nitro benzene ring substituents is 1. The Morgan fingerprint density at radius 2 is 2.04 bits per heavy atom. The Morgan fingerprint density at radius 3 is 2.82 bits per heavy atom. The molecule has 0 bridgehead atoms. The van der Waals surface area contributed by atoms with E-state index in [1.54, 1.807) is 12.1 Å². The zero-order chi connectivity index (χ0) is 19.9. The van der Waals surface area contributed by atoms with E-state index in [4.69, 9.17) is 9.15 Å². The van der Waals surface area contributed by atoms with Gasteiger partial charge in [0.25, 0.3) is 5.69 Å². The number of benzene rings is 2. The molecule has 0 spiro atoms. The van der Waals surface area contributed by atoms with Crippen LogP contribution in [0.1, 0.15) is 21.9 Å². The molecule has 0 saturated heterocycles. The van der Waals surface area contributed by atoms with Gasteiger partial charge in [0.1, 0.15) is 18.1 Å². The summed E-state index contributed by atoms with van der Waals surface area (Å²) in [7, 11) is 0. The van der Waals surface area contributed by atoms with E-state index in [1.165, 1.54) is 30.5 Å². The Kier molecular flexibility index (Phi) is 6.18. The van der Waals surface area contributed by atoms with Crippen LogP contribution in [0.25, 0.3) is 0 Å². The maximum Gasteiger partial charge on any atom is 0.307 e. The largest absolute Gasteiger partial charge is 0.484 e. The number of non-ortho nitro benzene ring substituents is 1. The molecule has 1 heterocycles. The SMILES string of the molecule is O=C(N/N=C\c1cccc([N+](=O)[O-])c1)c1ccc(COc2ccccc2Br)o1. The number of nitrogens with zero attached hydrogens (tertiary/aromatic N) is 2. The summed E-state index contributed by atoms with van der Waals surface area (Å²) in [4.78, 5) is 22.3. The summed E-state index contributed by atoms with van der Waals surface area (Å²) in [5.41, 5.74) is 2.73. The van der Waals surface area contributed by atoms with Gasteiger partial charge < -0.3 is 9.15 Å². The predicted octanol–water partition coefficient (Wildman–Crippen LogP) is 4.29. The number of ether oxygens (including phenoxy) is 1. The van der Waals surface area contributed by atoms with Gasteiger partial charge in [0, 0.05) is 17.7 Å². The normalized spacial score (nSPS) is 10.8. The van der Waals surface area contributed by atoms with Crippen molar-refractivity contribution >= 4 is 33.7 Å². The molecule has 28 heavy (non-hydrogen) atoms. The lowest BCUT2D eigenvalue weighted by atomic mass is 10.2. The summed E-state index contributed by atoms with van der Waals surface area (Å²) < 4.78 is 11.9. The van der Waals surface area contributed by atoms with E-state index < -0.39 is 10.8 Å². The van der Waals surface area contributed by atoms with Crippen LogP contribution in [0.2, 0.25) is 0 Å². The smallest absolute Gasteiger partial charge is 0.307 e. The van der Waals surface area contributed by atoms with Gasteiger partial charge in [-0.1, -0.05) is 24.3 Å². The summed E-state index contributed by atoms with van der Waals surface area (Å²) in [5, 5.41) is 14.5. The third-order valence-corrected chi connectivity index (χ3v) is 4.21. The molecule has 0 aliphatic heterocycles. The molecule has 0 aliphatic carbocycles. The molecule has 0 unspecified atom stereocenters. The number of hydrogen-bond acceptors (Lipinski definition) is 6. The van der Waals surface area contributed by atoms with Crippen molar-refractivity contribution in [3.63, 3.8) is 0 Å². The van der Waals surface area contributed by atoms with Crippen LogP contribution in [-0.4, -0.2) is 17.0 Å². The second kappa shape index (κ2) is 8.96. The van der Waals surface area contributed by atoms with Crippen molar-refractivity contribution in [1.29, 1.82) is 0 Å². The lowest BCUT2D eigenvalue weighted by Gasteiger charge is -2.05. The quantitative estimate of drug-likeness (QED) is 0.332. The van der Waals surface area contributed by atoms with Crippen LogP contribution in [0.4, 0.5) is 5.69 Å². The number of rotatable bonds is 7. The highest BCUT2D eigenvalue weighted by Gasteiger charge is 2.11. The van der Waals surface area contributed by atoms with Crippen LogP contribution >= 0.6 is 15.9 Å². The van der Waals surface area contributed by atoms with Gasteiger partial charge >= 0.3 is 5.91 Å². The van der Waals surface area contributed by atoms with Gasteiger partial charge in [-0.25, -0.2) is 5.43 Å². The Bertz CT molecular complexity index is 1030. The van der Waals surface area contributed by atoms with Crippen molar-refractivity contribution in [3.8, 4) is 5.75 Å². The third-order valence-electron chi connectivity index (χ3n) is 3.55. The number of hydrogen-bond donors (Lipinski definition) is 1. The number of nitro groups is 1. The van der Waals surface area contributed by atoms with E-state index in [9.17, 15) is 14.9 Å². The molecule has 142 valence electrons. The lowest BCUT2D eigenvalue weighted by molar-refractivity contribution is -0.384. The highest BCUT2D eigenvalue weighted by Crippen LogP contribution is 2.25. The van der Waals surface area contributed by atoms with E-state index in [-0.39, 0.29) is 18.1 Å². The monoisotopic (exact) mass is 443 g/mol. The van der Waals surface area contributed by atoms with E-state index >= 15 is 0 Å². The molecule has 2 aromatic carbocycles. The minimum Gasteiger partial charge on any atom is -0.484 e. The molecule has 0 fully saturated rings. The summed E-state index contributed by atoms with van der Waals surface area (Å²) in [6.07, 6.45) is 1.31. The first-order valence-corrected chi connectivity index (χ1v) is 8.86. The highest BCUT2D eigenvalue weighted by atomic mass is 79.9. The number of furan rings is 1. The van der Waals surface area contributed by atoms with Crippen molar-refractivity contribution in [3.05, 3.63) is 92.3 Å². The van der Waals surface area contributed by atoms with E-state index in [1.807, 2.05) is 24.3 Å². The molecule has 0 radical (unpaired) electrons. The van der Waals surface area contributed by atoms with Crippen LogP contribution in [0.5, 0.6) is 5.75 Å². The summed E-state index contributed by atoms with van der Waals surface area (Å²) in [6, 6.07) is 16.4. The Hall–Kier alpha value is -3.46. The van der Waals surface area contributed by atoms with Crippen LogP contribution in [0.15, 0.2) is 74.7 Å². The third kappa shape index (κ3) is 5.04. The van der Waals surface area contributed by atoms with Gasteiger partial charge in [-0.15, -0.1) is 0 Å². The molecular weight excluding hydrogens is 430 g/mol. The number of amides is 1. The molecule has 8 nitrogen and oxygen atoms in total. The van der Waals surface area contributed by atoms with Gasteiger partial charge in [-0.3, -0.25) is 14.9 Å². The van der Waals surface area contributed by atoms with Crippen molar-refractivity contribution < 1.29 is 18.9 Å². The van der Waals surface area contributed by atoms with Gasteiger partial charge in [-0.05, 0) is 40.2 Å². The predicted molar refractivity (Wildman–Crippen MR) is 105 cm³/mol. The molecule has 0 atom stereocenters. The van der Waals surface area contributed by atoms with Crippen molar-refractivity contribution in [2.24, 2.45) is 5.10 Å². The fourth-order valence-corrected chi connectivity index (χ4v) is 2.63. The number of carbonyl (C=O) groups is 1. The Morgan fingerprint density at radius 1 is 1.21 bits per heavy atom. The summed E-state index contributed by atoms with van der Waals surface area (Å²) in [6.45, 7) is 0.160.